The van der Waals surface area contributed by atoms with E-state index in [4.69, 9.17) is 5.73 Å². The molecule has 2 amide bonds. The molecule has 0 spiro atoms. The minimum absolute atomic E-state index is 0.0245. The van der Waals surface area contributed by atoms with Crippen LogP contribution in [0.1, 0.15) is 61.1 Å². The first kappa shape index (κ1) is 21.4. The van der Waals surface area contributed by atoms with E-state index in [0.717, 1.165) is 50.9 Å². The number of piperidine rings is 1. The van der Waals surface area contributed by atoms with Crippen molar-refractivity contribution in [3.63, 3.8) is 0 Å². The van der Waals surface area contributed by atoms with E-state index in [1.54, 1.807) is 12.3 Å². The zero-order valence-electron chi connectivity index (χ0n) is 17.9. The SMILES string of the molecule is NC(=O)c1nccc(-c2cccc(CN3CCC(C(=O)NC4CCCCC4)CC3)c2)n1. The third-order valence-electron chi connectivity index (χ3n) is 6.41. The fraction of sp³-hybridized carbons (Fsp3) is 0.500. The number of carbonyl (C=O) groups is 2. The van der Waals surface area contributed by atoms with Gasteiger partial charge in [-0.05, 0) is 56.5 Å². The Morgan fingerprint density at radius 2 is 1.84 bits per heavy atom. The number of carbonyl (C=O) groups excluding carboxylic acids is 2. The molecule has 7 heteroatoms. The zero-order chi connectivity index (χ0) is 21.6. The van der Waals surface area contributed by atoms with Gasteiger partial charge in [0.25, 0.3) is 5.91 Å². The van der Waals surface area contributed by atoms with Crippen molar-refractivity contribution < 1.29 is 9.59 Å². The second kappa shape index (κ2) is 10.0. The molecule has 2 heterocycles. The molecule has 3 N–H and O–H groups in total. The lowest BCUT2D eigenvalue weighted by atomic mass is 9.92. The van der Waals surface area contributed by atoms with Gasteiger partial charge in [-0.1, -0.05) is 37.5 Å². The number of nitrogens with two attached hydrogens (primary N) is 1. The van der Waals surface area contributed by atoms with Gasteiger partial charge in [-0.15, -0.1) is 0 Å². The van der Waals surface area contributed by atoms with Crippen molar-refractivity contribution >= 4 is 11.8 Å². The summed E-state index contributed by atoms with van der Waals surface area (Å²) in [4.78, 5) is 34.6. The summed E-state index contributed by atoms with van der Waals surface area (Å²) in [6, 6.07) is 10.3. The van der Waals surface area contributed by atoms with E-state index in [1.807, 2.05) is 12.1 Å². The van der Waals surface area contributed by atoms with Crippen molar-refractivity contribution in [3.8, 4) is 11.3 Å². The van der Waals surface area contributed by atoms with Crippen molar-refractivity contribution in [1.82, 2.24) is 20.2 Å². The number of hydrogen-bond donors (Lipinski definition) is 2. The van der Waals surface area contributed by atoms with E-state index in [2.05, 4.69) is 32.3 Å². The van der Waals surface area contributed by atoms with Gasteiger partial charge < -0.3 is 11.1 Å². The van der Waals surface area contributed by atoms with Crippen LogP contribution in [0.5, 0.6) is 0 Å². The number of primary amides is 1. The van der Waals surface area contributed by atoms with E-state index < -0.39 is 5.91 Å². The standard InChI is InChI=1S/C24H31N5O2/c25-22(30)23-26-12-9-21(28-23)19-6-4-5-17(15-19)16-29-13-10-18(11-14-29)24(31)27-20-7-2-1-3-8-20/h4-6,9,12,15,18,20H,1-3,7-8,10-11,13-14,16H2,(H2,25,30)(H,27,31). The van der Waals surface area contributed by atoms with Crippen LogP contribution in [0.4, 0.5) is 0 Å². The predicted octanol–water partition coefficient (Wildman–Crippen LogP) is 2.90. The Balaban J connectivity index is 1.31. The van der Waals surface area contributed by atoms with Crippen LogP contribution in [-0.4, -0.2) is 45.8 Å². The number of benzene rings is 1. The molecule has 1 aromatic heterocycles. The van der Waals surface area contributed by atoms with Gasteiger partial charge in [0.2, 0.25) is 11.7 Å². The first-order valence-corrected chi connectivity index (χ1v) is 11.3. The molecule has 164 valence electrons. The Morgan fingerprint density at radius 3 is 2.58 bits per heavy atom. The summed E-state index contributed by atoms with van der Waals surface area (Å²) < 4.78 is 0. The topological polar surface area (TPSA) is 101 Å². The third-order valence-corrected chi connectivity index (χ3v) is 6.41. The summed E-state index contributed by atoms with van der Waals surface area (Å²) in [6.45, 7) is 2.68. The summed E-state index contributed by atoms with van der Waals surface area (Å²) in [7, 11) is 0. The highest BCUT2D eigenvalue weighted by Crippen LogP contribution is 2.23. The highest BCUT2D eigenvalue weighted by atomic mass is 16.2. The van der Waals surface area contributed by atoms with Crippen LogP contribution in [0.2, 0.25) is 0 Å². The Morgan fingerprint density at radius 1 is 1.06 bits per heavy atom. The highest BCUT2D eigenvalue weighted by Gasteiger charge is 2.27. The van der Waals surface area contributed by atoms with Crippen LogP contribution in [0.3, 0.4) is 0 Å². The zero-order valence-corrected chi connectivity index (χ0v) is 17.9. The molecular formula is C24H31N5O2. The molecule has 31 heavy (non-hydrogen) atoms. The van der Waals surface area contributed by atoms with Crippen LogP contribution < -0.4 is 11.1 Å². The fourth-order valence-corrected chi connectivity index (χ4v) is 4.64. The van der Waals surface area contributed by atoms with Gasteiger partial charge in [0.1, 0.15) is 0 Å². The van der Waals surface area contributed by atoms with E-state index >= 15 is 0 Å². The molecule has 0 unspecified atom stereocenters. The molecule has 1 saturated carbocycles. The third kappa shape index (κ3) is 5.67. The number of likely N-dealkylation sites (tertiary alicyclic amines) is 1. The van der Waals surface area contributed by atoms with E-state index in [0.29, 0.717) is 11.7 Å². The fourth-order valence-electron chi connectivity index (χ4n) is 4.64. The minimum atomic E-state index is -0.631. The molecule has 1 aromatic carbocycles. The summed E-state index contributed by atoms with van der Waals surface area (Å²) in [5.41, 5.74) is 8.10. The van der Waals surface area contributed by atoms with Crippen LogP contribution in [0, 0.1) is 5.92 Å². The Kier molecular flexibility index (Phi) is 6.92. The maximum Gasteiger partial charge on any atom is 0.286 e. The van der Waals surface area contributed by atoms with E-state index in [9.17, 15) is 9.59 Å². The first-order chi connectivity index (χ1) is 15.1. The maximum atomic E-state index is 12.6. The highest BCUT2D eigenvalue weighted by molar-refractivity contribution is 5.89. The van der Waals surface area contributed by atoms with Crippen LogP contribution in [0.15, 0.2) is 36.5 Å². The molecular weight excluding hydrogens is 390 g/mol. The predicted molar refractivity (Wildman–Crippen MR) is 119 cm³/mol. The maximum absolute atomic E-state index is 12.6. The number of amides is 2. The quantitative estimate of drug-likeness (QED) is 0.747. The second-order valence-electron chi connectivity index (χ2n) is 8.72. The number of nitrogens with zero attached hydrogens (tertiary/aromatic N) is 3. The number of hydrogen-bond acceptors (Lipinski definition) is 5. The summed E-state index contributed by atoms with van der Waals surface area (Å²) in [6.07, 6.45) is 9.41. The van der Waals surface area contributed by atoms with Crippen molar-refractivity contribution in [3.05, 3.63) is 47.9 Å². The largest absolute Gasteiger partial charge is 0.363 e. The smallest absolute Gasteiger partial charge is 0.286 e. The van der Waals surface area contributed by atoms with Gasteiger partial charge in [0.15, 0.2) is 0 Å². The van der Waals surface area contributed by atoms with E-state index in [-0.39, 0.29) is 17.6 Å². The van der Waals surface area contributed by atoms with Crippen LogP contribution in [0.25, 0.3) is 11.3 Å². The molecule has 0 radical (unpaired) electrons. The molecule has 2 aromatic rings. The van der Waals surface area contributed by atoms with Gasteiger partial charge in [0.05, 0.1) is 5.69 Å². The number of aromatic nitrogens is 2. The minimum Gasteiger partial charge on any atom is -0.363 e. The van der Waals surface area contributed by atoms with Crippen molar-refractivity contribution in [2.75, 3.05) is 13.1 Å². The molecule has 7 nitrogen and oxygen atoms in total. The molecule has 0 bridgehead atoms. The molecule has 2 fully saturated rings. The lowest BCUT2D eigenvalue weighted by Gasteiger charge is -2.32. The molecule has 1 saturated heterocycles. The molecule has 2 aliphatic rings. The van der Waals surface area contributed by atoms with Gasteiger partial charge in [-0.2, -0.15) is 0 Å². The molecule has 4 rings (SSSR count). The normalized spacial score (nSPS) is 18.6. The van der Waals surface area contributed by atoms with Crippen LogP contribution >= 0.6 is 0 Å². The lowest BCUT2D eigenvalue weighted by Crippen LogP contribution is -2.44. The first-order valence-electron chi connectivity index (χ1n) is 11.3. The van der Waals surface area contributed by atoms with Gasteiger partial charge >= 0.3 is 0 Å². The van der Waals surface area contributed by atoms with Gasteiger partial charge in [-0.25, -0.2) is 9.97 Å². The summed E-state index contributed by atoms with van der Waals surface area (Å²) in [5.74, 6) is -0.217. The monoisotopic (exact) mass is 421 g/mol. The Bertz CT molecular complexity index is 918. The number of rotatable bonds is 6. The van der Waals surface area contributed by atoms with E-state index in [1.165, 1.54) is 24.8 Å². The summed E-state index contributed by atoms with van der Waals surface area (Å²) in [5, 5.41) is 3.29. The number of nitrogens with one attached hydrogen (secondary N) is 1. The van der Waals surface area contributed by atoms with Gasteiger partial charge in [-0.3, -0.25) is 14.5 Å². The molecule has 0 atom stereocenters. The average molecular weight is 422 g/mol. The van der Waals surface area contributed by atoms with Gasteiger partial charge in [0, 0.05) is 30.3 Å². The second-order valence-corrected chi connectivity index (χ2v) is 8.72. The van der Waals surface area contributed by atoms with Crippen LogP contribution in [-0.2, 0) is 11.3 Å². The molecule has 1 aliphatic heterocycles. The Labute approximate surface area is 183 Å². The average Bonchev–Trinajstić information content (AvgIpc) is 2.80. The summed E-state index contributed by atoms with van der Waals surface area (Å²) >= 11 is 0. The Hall–Kier alpha value is -2.80. The lowest BCUT2D eigenvalue weighted by molar-refractivity contribution is -0.127. The van der Waals surface area contributed by atoms with Crippen molar-refractivity contribution in [1.29, 1.82) is 0 Å². The van der Waals surface area contributed by atoms with Crippen molar-refractivity contribution in [2.24, 2.45) is 11.7 Å². The van der Waals surface area contributed by atoms with Crippen molar-refractivity contribution in [2.45, 2.75) is 57.5 Å². The molecule has 1 aliphatic carbocycles.